The average molecular weight is 174 g/mol. The lowest BCUT2D eigenvalue weighted by atomic mass is 10.2. The molecular weight excluding hydrogens is 152 g/mol. The van der Waals surface area contributed by atoms with Crippen molar-refractivity contribution in [2.75, 3.05) is 33.8 Å². The van der Waals surface area contributed by atoms with Crippen LogP contribution in [0.5, 0.6) is 0 Å². The molecule has 0 aliphatic rings. The Hall–Kier alpha value is -0.120. The van der Waals surface area contributed by atoms with Crippen LogP contribution in [-0.2, 0) is 0 Å². The number of rotatable bonds is 7. The third kappa shape index (κ3) is 6.58. The second-order valence-electron chi connectivity index (χ2n) is 3.40. The van der Waals surface area contributed by atoms with E-state index in [2.05, 4.69) is 31.2 Å². The summed E-state index contributed by atoms with van der Waals surface area (Å²) in [7, 11) is 4.15. The molecule has 0 radical (unpaired) electrons. The Morgan fingerprint density at radius 2 is 2.08 bits per heavy atom. The largest absolute Gasteiger partial charge is 0.395 e. The summed E-state index contributed by atoms with van der Waals surface area (Å²) < 4.78 is 0. The maximum absolute atomic E-state index is 8.86. The smallest absolute Gasteiger partial charge is 0.0584 e. The Morgan fingerprint density at radius 3 is 2.50 bits per heavy atom. The number of hydrogen-bond donors (Lipinski definition) is 2. The summed E-state index contributed by atoms with van der Waals surface area (Å²) in [5.74, 6) is 0. The molecule has 3 nitrogen and oxygen atoms in total. The maximum atomic E-state index is 8.86. The first-order valence-corrected chi connectivity index (χ1v) is 4.69. The van der Waals surface area contributed by atoms with Crippen molar-refractivity contribution in [1.82, 2.24) is 10.2 Å². The summed E-state index contributed by atoms with van der Waals surface area (Å²) in [6.45, 7) is 4.43. The van der Waals surface area contributed by atoms with Crippen LogP contribution < -0.4 is 5.32 Å². The minimum absolute atomic E-state index is 0.248. The molecule has 74 valence electrons. The summed E-state index contributed by atoms with van der Waals surface area (Å²) in [5, 5.41) is 12.2. The molecule has 0 rings (SSSR count). The highest BCUT2D eigenvalue weighted by Crippen LogP contribution is 1.89. The van der Waals surface area contributed by atoms with E-state index in [-0.39, 0.29) is 12.6 Å². The zero-order valence-corrected chi connectivity index (χ0v) is 8.51. The molecule has 0 aromatic rings. The first kappa shape index (κ1) is 11.9. The van der Waals surface area contributed by atoms with Gasteiger partial charge in [-0.2, -0.15) is 0 Å². The highest BCUT2D eigenvalue weighted by Gasteiger charge is 2.01. The monoisotopic (exact) mass is 174 g/mol. The predicted molar refractivity (Wildman–Crippen MR) is 52.3 cm³/mol. The Bertz CT molecular complexity index is 92.5. The molecule has 2 N–H and O–H groups in total. The van der Waals surface area contributed by atoms with Crippen molar-refractivity contribution in [2.24, 2.45) is 0 Å². The summed E-state index contributed by atoms with van der Waals surface area (Å²) in [4.78, 5) is 2.17. The molecule has 0 heterocycles. The summed E-state index contributed by atoms with van der Waals surface area (Å²) >= 11 is 0. The van der Waals surface area contributed by atoms with E-state index < -0.39 is 0 Å². The SMILES string of the molecule is CCC(CO)NCCCN(C)C. The lowest BCUT2D eigenvalue weighted by molar-refractivity contribution is 0.237. The van der Waals surface area contributed by atoms with Crippen molar-refractivity contribution in [3.63, 3.8) is 0 Å². The van der Waals surface area contributed by atoms with Gasteiger partial charge < -0.3 is 15.3 Å². The molecule has 0 aliphatic carbocycles. The van der Waals surface area contributed by atoms with Crippen LogP contribution in [0.2, 0.25) is 0 Å². The van der Waals surface area contributed by atoms with Crippen molar-refractivity contribution in [2.45, 2.75) is 25.8 Å². The molecule has 0 saturated carbocycles. The molecule has 0 fully saturated rings. The van der Waals surface area contributed by atoms with E-state index in [9.17, 15) is 0 Å². The zero-order chi connectivity index (χ0) is 9.40. The van der Waals surface area contributed by atoms with Crippen molar-refractivity contribution < 1.29 is 5.11 Å². The predicted octanol–water partition coefficient (Wildman–Crippen LogP) is 0.299. The number of nitrogens with one attached hydrogen (secondary N) is 1. The van der Waals surface area contributed by atoms with Crippen molar-refractivity contribution in [3.8, 4) is 0 Å². The van der Waals surface area contributed by atoms with Crippen LogP contribution in [0.1, 0.15) is 19.8 Å². The fourth-order valence-corrected chi connectivity index (χ4v) is 1.04. The fraction of sp³-hybridized carbons (Fsp3) is 1.00. The molecule has 0 aliphatic heterocycles. The van der Waals surface area contributed by atoms with Gasteiger partial charge in [-0.05, 0) is 40.0 Å². The molecule has 1 atom stereocenters. The van der Waals surface area contributed by atoms with E-state index >= 15 is 0 Å². The Balaban J connectivity index is 3.17. The summed E-state index contributed by atoms with van der Waals surface area (Å²) in [6, 6.07) is 0.284. The molecule has 0 spiro atoms. The summed E-state index contributed by atoms with van der Waals surface area (Å²) in [6.07, 6.45) is 2.14. The zero-order valence-electron chi connectivity index (χ0n) is 8.51. The minimum Gasteiger partial charge on any atom is -0.395 e. The van der Waals surface area contributed by atoms with Gasteiger partial charge in [0, 0.05) is 6.04 Å². The van der Waals surface area contributed by atoms with E-state index in [4.69, 9.17) is 5.11 Å². The van der Waals surface area contributed by atoms with Crippen LogP contribution in [0.15, 0.2) is 0 Å². The van der Waals surface area contributed by atoms with Gasteiger partial charge in [-0.3, -0.25) is 0 Å². The fourth-order valence-electron chi connectivity index (χ4n) is 1.04. The van der Waals surface area contributed by atoms with Crippen molar-refractivity contribution in [3.05, 3.63) is 0 Å². The van der Waals surface area contributed by atoms with Gasteiger partial charge in [0.05, 0.1) is 6.61 Å². The first-order valence-electron chi connectivity index (χ1n) is 4.69. The minimum atomic E-state index is 0.248. The normalized spacial score (nSPS) is 13.8. The van der Waals surface area contributed by atoms with Crippen LogP contribution in [0.25, 0.3) is 0 Å². The molecule has 0 saturated heterocycles. The molecule has 0 amide bonds. The van der Waals surface area contributed by atoms with Crippen LogP contribution in [0, 0.1) is 0 Å². The van der Waals surface area contributed by atoms with Crippen LogP contribution in [-0.4, -0.2) is 49.8 Å². The van der Waals surface area contributed by atoms with Crippen molar-refractivity contribution in [1.29, 1.82) is 0 Å². The van der Waals surface area contributed by atoms with Crippen LogP contribution in [0.4, 0.5) is 0 Å². The van der Waals surface area contributed by atoms with Gasteiger partial charge in [0.25, 0.3) is 0 Å². The Kier molecular flexibility index (Phi) is 7.45. The van der Waals surface area contributed by atoms with Crippen LogP contribution >= 0.6 is 0 Å². The molecule has 0 aromatic heterocycles. The number of aliphatic hydroxyl groups is 1. The molecular formula is C9H22N2O. The average Bonchev–Trinajstić information content (AvgIpc) is 2.04. The van der Waals surface area contributed by atoms with Gasteiger partial charge in [0.15, 0.2) is 0 Å². The second kappa shape index (κ2) is 7.53. The quantitative estimate of drug-likeness (QED) is 0.545. The van der Waals surface area contributed by atoms with E-state index in [1.807, 2.05) is 0 Å². The lowest BCUT2D eigenvalue weighted by Gasteiger charge is -2.15. The van der Waals surface area contributed by atoms with Gasteiger partial charge in [-0.15, -0.1) is 0 Å². The number of nitrogens with zero attached hydrogens (tertiary/aromatic N) is 1. The third-order valence-corrected chi connectivity index (χ3v) is 1.93. The van der Waals surface area contributed by atoms with E-state index in [0.717, 1.165) is 25.9 Å². The van der Waals surface area contributed by atoms with Gasteiger partial charge in [0.2, 0.25) is 0 Å². The van der Waals surface area contributed by atoms with Gasteiger partial charge in [-0.1, -0.05) is 6.92 Å². The molecule has 0 aromatic carbocycles. The number of hydrogen-bond acceptors (Lipinski definition) is 3. The molecule has 12 heavy (non-hydrogen) atoms. The lowest BCUT2D eigenvalue weighted by Crippen LogP contribution is -2.33. The standard InChI is InChI=1S/C9H22N2O/c1-4-9(8-12)10-6-5-7-11(2)3/h9-10,12H,4-8H2,1-3H3. The maximum Gasteiger partial charge on any atom is 0.0584 e. The number of aliphatic hydroxyl groups excluding tert-OH is 1. The molecule has 0 bridgehead atoms. The first-order chi connectivity index (χ1) is 5.70. The second-order valence-corrected chi connectivity index (χ2v) is 3.40. The van der Waals surface area contributed by atoms with Crippen LogP contribution in [0.3, 0.4) is 0 Å². The third-order valence-electron chi connectivity index (χ3n) is 1.93. The molecule has 1 unspecified atom stereocenters. The molecule has 3 heteroatoms. The highest BCUT2D eigenvalue weighted by atomic mass is 16.3. The Morgan fingerprint density at radius 1 is 1.42 bits per heavy atom. The topological polar surface area (TPSA) is 35.5 Å². The Labute approximate surface area is 75.8 Å². The van der Waals surface area contributed by atoms with Crippen molar-refractivity contribution >= 4 is 0 Å². The highest BCUT2D eigenvalue weighted by molar-refractivity contribution is 4.62. The van der Waals surface area contributed by atoms with E-state index in [0.29, 0.717) is 0 Å². The van der Waals surface area contributed by atoms with E-state index in [1.165, 1.54) is 0 Å². The summed E-state index contributed by atoms with van der Waals surface area (Å²) in [5.41, 5.74) is 0. The van der Waals surface area contributed by atoms with E-state index in [1.54, 1.807) is 0 Å². The van der Waals surface area contributed by atoms with Gasteiger partial charge >= 0.3 is 0 Å². The van der Waals surface area contributed by atoms with Gasteiger partial charge in [0.1, 0.15) is 0 Å². The van der Waals surface area contributed by atoms with Gasteiger partial charge in [-0.25, -0.2) is 0 Å².